The third kappa shape index (κ3) is 2.50. The van der Waals surface area contributed by atoms with Gasteiger partial charge in [-0.15, -0.1) is 0 Å². The molecule has 20 heavy (non-hydrogen) atoms. The quantitative estimate of drug-likeness (QED) is 0.895. The topological polar surface area (TPSA) is 62.2 Å². The van der Waals surface area contributed by atoms with Gasteiger partial charge in [0.05, 0.1) is 0 Å². The Morgan fingerprint density at radius 3 is 2.85 bits per heavy atom. The molecule has 1 fully saturated rings. The Bertz CT molecular complexity index is 649. The van der Waals surface area contributed by atoms with Crippen LogP contribution >= 0.6 is 0 Å². The summed E-state index contributed by atoms with van der Waals surface area (Å²) in [7, 11) is 0. The van der Waals surface area contributed by atoms with Crippen molar-refractivity contribution in [2.45, 2.75) is 39.0 Å². The Labute approximate surface area is 118 Å². The molecule has 0 atom stereocenters. The number of aromatic amines is 1. The predicted octanol–water partition coefficient (Wildman–Crippen LogP) is 1.69. The molecule has 3 rings (SSSR count). The van der Waals surface area contributed by atoms with E-state index < -0.39 is 0 Å². The summed E-state index contributed by atoms with van der Waals surface area (Å²) in [4.78, 5) is 16.9. The second kappa shape index (κ2) is 5.40. The number of H-pyrrole nitrogens is 1. The van der Waals surface area contributed by atoms with Gasteiger partial charge in [0, 0.05) is 23.5 Å². The van der Waals surface area contributed by atoms with Gasteiger partial charge >= 0.3 is 0 Å². The highest BCUT2D eigenvalue weighted by molar-refractivity contribution is 5.48. The summed E-state index contributed by atoms with van der Waals surface area (Å²) >= 11 is 0. The second-order valence-electron chi connectivity index (χ2n) is 6.03. The molecule has 1 saturated heterocycles. The average molecular weight is 274 g/mol. The number of piperidine rings is 1. The van der Waals surface area contributed by atoms with Gasteiger partial charge in [0.2, 0.25) is 0 Å². The summed E-state index contributed by atoms with van der Waals surface area (Å²) in [6.45, 7) is 6.39. The first-order chi connectivity index (χ1) is 9.65. The number of nitrogens with zero attached hydrogens (tertiary/aromatic N) is 2. The lowest BCUT2D eigenvalue weighted by Crippen LogP contribution is -2.29. The van der Waals surface area contributed by atoms with Gasteiger partial charge in [-0.05, 0) is 44.2 Å². The minimum atomic E-state index is -0.00849. The van der Waals surface area contributed by atoms with Crippen LogP contribution in [-0.2, 0) is 6.42 Å². The molecule has 5 heteroatoms. The molecule has 0 amide bonds. The fraction of sp³-hybridized carbons (Fsp3) is 0.600. The summed E-state index contributed by atoms with van der Waals surface area (Å²) < 4.78 is 1.54. The van der Waals surface area contributed by atoms with E-state index in [0.717, 1.165) is 36.4 Å². The zero-order chi connectivity index (χ0) is 14.1. The van der Waals surface area contributed by atoms with Crippen molar-refractivity contribution in [3.05, 3.63) is 33.9 Å². The van der Waals surface area contributed by atoms with Gasteiger partial charge in [0.1, 0.15) is 0 Å². The summed E-state index contributed by atoms with van der Waals surface area (Å²) in [5.74, 6) is 1.00. The van der Waals surface area contributed by atoms with Crippen LogP contribution in [0.1, 0.15) is 43.9 Å². The number of hydrogen-bond acceptors (Lipinski definition) is 3. The Morgan fingerprint density at radius 1 is 1.40 bits per heavy atom. The van der Waals surface area contributed by atoms with Crippen molar-refractivity contribution in [2.24, 2.45) is 5.92 Å². The van der Waals surface area contributed by atoms with Crippen LogP contribution in [0.3, 0.4) is 0 Å². The number of hydrogen-bond donors (Lipinski definition) is 2. The zero-order valence-corrected chi connectivity index (χ0v) is 12.1. The molecule has 0 saturated carbocycles. The number of rotatable bonds is 3. The third-order valence-electron chi connectivity index (χ3n) is 4.16. The average Bonchev–Trinajstić information content (AvgIpc) is 2.84. The van der Waals surface area contributed by atoms with Crippen molar-refractivity contribution < 1.29 is 0 Å². The van der Waals surface area contributed by atoms with Gasteiger partial charge in [-0.1, -0.05) is 13.8 Å². The Hall–Kier alpha value is -1.62. The minimum absolute atomic E-state index is 0.00849. The molecule has 2 N–H and O–H groups in total. The van der Waals surface area contributed by atoms with Crippen LogP contribution in [0.25, 0.3) is 5.65 Å². The van der Waals surface area contributed by atoms with Gasteiger partial charge in [0.25, 0.3) is 5.56 Å². The van der Waals surface area contributed by atoms with Crippen molar-refractivity contribution in [1.82, 2.24) is 19.9 Å². The van der Waals surface area contributed by atoms with E-state index in [1.54, 1.807) is 10.6 Å². The molecule has 108 valence electrons. The normalized spacial score (nSPS) is 17.1. The maximum absolute atomic E-state index is 12.2. The molecule has 5 nitrogen and oxygen atoms in total. The fourth-order valence-corrected chi connectivity index (χ4v) is 2.96. The molecule has 3 heterocycles. The minimum Gasteiger partial charge on any atom is -0.317 e. The predicted molar refractivity (Wildman–Crippen MR) is 79.2 cm³/mol. The molecule has 1 aliphatic heterocycles. The summed E-state index contributed by atoms with van der Waals surface area (Å²) in [5, 5.41) is 6.37. The second-order valence-corrected chi connectivity index (χ2v) is 6.03. The highest BCUT2D eigenvalue weighted by atomic mass is 16.1. The maximum Gasteiger partial charge on any atom is 0.272 e. The number of nitrogens with one attached hydrogen (secondary N) is 2. The first-order valence-corrected chi connectivity index (χ1v) is 7.46. The van der Waals surface area contributed by atoms with E-state index in [0.29, 0.717) is 11.8 Å². The Kier molecular flexibility index (Phi) is 3.61. The van der Waals surface area contributed by atoms with Gasteiger partial charge in [-0.25, -0.2) is 9.50 Å². The van der Waals surface area contributed by atoms with E-state index in [9.17, 15) is 4.79 Å². The lowest BCUT2D eigenvalue weighted by Gasteiger charge is -2.22. The van der Waals surface area contributed by atoms with E-state index in [1.165, 1.54) is 12.8 Å². The van der Waals surface area contributed by atoms with Gasteiger partial charge in [-0.3, -0.25) is 9.89 Å². The van der Waals surface area contributed by atoms with Crippen molar-refractivity contribution in [3.63, 3.8) is 0 Å². The molecule has 0 unspecified atom stereocenters. The maximum atomic E-state index is 12.2. The summed E-state index contributed by atoms with van der Waals surface area (Å²) in [5.41, 5.74) is 2.82. The highest BCUT2D eigenvalue weighted by Gasteiger charge is 2.17. The summed E-state index contributed by atoms with van der Waals surface area (Å²) in [6.07, 6.45) is 5.15. The fourth-order valence-electron chi connectivity index (χ4n) is 2.96. The number of fused-ring (bicyclic) bond motifs is 1. The van der Waals surface area contributed by atoms with Crippen LogP contribution in [0.2, 0.25) is 0 Å². The van der Waals surface area contributed by atoms with Gasteiger partial charge < -0.3 is 5.32 Å². The largest absolute Gasteiger partial charge is 0.317 e. The smallest absolute Gasteiger partial charge is 0.272 e. The first-order valence-electron chi connectivity index (χ1n) is 7.46. The van der Waals surface area contributed by atoms with E-state index in [-0.39, 0.29) is 5.56 Å². The molecule has 2 aromatic heterocycles. The molecule has 0 spiro atoms. The molecule has 1 aliphatic rings. The van der Waals surface area contributed by atoms with Crippen LogP contribution in [-0.4, -0.2) is 27.7 Å². The van der Waals surface area contributed by atoms with Crippen LogP contribution in [0.5, 0.6) is 0 Å². The Morgan fingerprint density at radius 2 is 2.15 bits per heavy atom. The highest BCUT2D eigenvalue weighted by Crippen LogP contribution is 2.20. The first kappa shape index (κ1) is 13.4. The summed E-state index contributed by atoms with van der Waals surface area (Å²) in [6, 6.07) is 1.68. The van der Waals surface area contributed by atoms with Crippen molar-refractivity contribution in [3.8, 4) is 0 Å². The SMILES string of the molecule is CC(C)c1c[nH]n2c(=O)cc(CC3CCNCC3)nc12. The molecule has 0 aliphatic carbocycles. The van der Waals surface area contributed by atoms with Crippen LogP contribution in [0.4, 0.5) is 0 Å². The molecular weight excluding hydrogens is 252 g/mol. The van der Waals surface area contributed by atoms with Crippen molar-refractivity contribution in [1.29, 1.82) is 0 Å². The lowest BCUT2D eigenvalue weighted by molar-refractivity contribution is 0.370. The molecule has 0 bridgehead atoms. The van der Waals surface area contributed by atoms with Gasteiger partial charge in [-0.2, -0.15) is 0 Å². The van der Waals surface area contributed by atoms with E-state index in [2.05, 4.69) is 24.3 Å². The van der Waals surface area contributed by atoms with Crippen LogP contribution in [0.15, 0.2) is 17.1 Å². The van der Waals surface area contributed by atoms with E-state index >= 15 is 0 Å². The van der Waals surface area contributed by atoms with Crippen LogP contribution in [0, 0.1) is 5.92 Å². The molecule has 2 aromatic rings. The number of aromatic nitrogens is 3. The molecular formula is C15H22N4O. The zero-order valence-electron chi connectivity index (χ0n) is 12.1. The van der Waals surface area contributed by atoms with Crippen molar-refractivity contribution >= 4 is 5.65 Å². The van der Waals surface area contributed by atoms with Crippen LogP contribution < -0.4 is 10.9 Å². The lowest BCUT2D eigenvalue weighted by atomic mass is 9.93. The molecule has 0 aromatic carbocycles. The monoisotopic (exact) mass is 274 g/mol. The van der Waals surface area contributed by atoms with Gasteiger partial charge in [0.15, 0.2) is 5.65 Å². The Balaban J connectivity index is 1.95. The van der Waals surface area contributed by atoms with E-state index in [1.807, 2.05) is 6.20 Å². The third-order valence-corrected chi connectivity index (χ3v) is 4.16. The van der Waals surface area contributed by atoms with E-state index in [4.69, 9.17) is 4.98 Å². The van der Waals surface area contributed by atoms with Crippen molar-refractivity contribution in [2.75, 3.05) is 13.1 Å². The molecule has 0 radical (unpaired) electrons. The standard InChI is InChI=1S/C15H22N4O/c1-10(2)13-9-17-19-14(20)8-12(18-15(13)19)7-11-3-5-16-6-4-11/h8-11,16-17H,3-7H2,1-2H3.